The number of carbonyl (C=O) groups is 5. The minimum atomic E-state index is -1.04. The van der Waals surface area contributed by atoms with Gasteiger partial charge in [0.1, 0.15) is 31.3 Å². The number of benzene rings is 1. The Morgan fingerprint density at radius 3 is 2.45 bits per heavy atom. The number of hydrogen-bond acceptors (Lipinski definition) is 6. The molecule has 4 N–H and O–H groups in total. The van der Waals surface area contributed by atoms with E-state index in [1.54, 1.807) is 22.9 Å². The van der Waals surface area contributed by atoms with Crippen molar-refractivity contribution in [1.82, 2.24) is 25.6 Å². The Bertz CT molecular complexity index is 1360. The summed E-state index contributed by atoms with van der Waals surface area (Å²) in [5.41, 5.74) is 1.58. The predicted octanol–water partition coefficient (Wildman–Crippen LogP) is 2.17. The van der Waals surface area contributed by atoms with Gasteiger partial charge in [0.15, 0.2) is 0 Å². The third-order valence-corrected chi connectivity index (χ3v) is 8.90. The van der Waals surface area contributed by atoms with Crippen LogP contribution in [0.2, 0.25) is 0 Å². The lowest BCUT2D eigenvalue weighted by atomic mass is 9.93. The van der Waals surface area contributed by atoms with Crippen LogP contribution < -0.4 is 20.8 Å². The Hall–Kier alpha value is -4.09. The van der Waals surface area contributed by atoms with Crippen molar-refractivity contribution in [3.05, 3.63) is 36.0 Å². The number of amides is 4. The maximum atomic E-state index is 14.0. The molecule has 44 heavy (non-hydrogen) atoms. The standard InChI is InChI=1S/C32H45N5O7/c1-4-20(2)28-32(43)36-17-11-10-15-26(36)31(42)33-23(13-6-5-7-16-27(38)39)29(40)34-24(30(41)35-28)18-21-19-37(44-3)25-14-9-8-12-22(21)25/h8-9,12,14,19-20,23-24,26,28H,4-7,10-11,13,15-18H2,1-3H3,(H,33,42)(H,34,40)(H,35,41)(H,38,39)/t20-,23-,24-,26+,28-/m0/s1. The normalized spacial score (nSPS) is 23.9. The summed E-state index contributed by atoms with van der Waals surface area (Å²) in [7, 11) is 1.54. The Kier molecular flexibility index (Phi) is 11.2. The molecular formula is C32H45N5O7. The molecule has 1 aromatic heterocycles. The van der Waals surface area contributed by atoms with Crippen LogP contribution in [0.3, 0.4) is 0 Å². The first-order valence-corrected chi connectivity index (χ1v) is 15.7. The minimum absolute atomic E-state index is 0.0248. The van der Waals surface area contributed by atoms with Gasteiger partial charge in [0, 0.05) is 31.0 Å². The van der Waals surface area contributed by atoms with E-state index in [4.69, 9.17) is 9.94 Å². The van der Waals surface area contributed by atoms with Crippen molar-refractivity contribution in [1.29, 1.82) is 0 Å². The molecule has 12 heteroatoms. The van der Waals surface area contributed by atoms with E-state index in [1.165, 1.54) is 0 Å². The Morgan fingerprint density at radius 2 is 1.73 bits per heavy atom. The number of carboxylic acid groups (broad SMARTS) is 1. The predicted molar refractivity (Wildman–Crippen MR) is 163 cm³/mol. The smallest absolute Gasteiger partial charge is 0.303 e. The lowest BCUT2D eigenvalue weighted by Crippen LogP contribution is -2.64. The maximum Gasteiger partial charge on any atom is 0.303 e. The van der Waals surface area contributed by atoms with Crippen LogP contribution in [0, 0.1) is 5.92 Å². The van der Waals surface area contributed by atoms with Crippen LogP contribution in [0.25, 0.3) is 10.9 Å². The minimum Gasteiger partial charge on any atom is -0.481 e. The number of piperidine rings is 1. The van der Waals surface area contributed by atoms with Crippen molar-refractivity contribution >= 4 is 40.5 Å². The summed E-state index contributed by atoms with van der Waals surface area (Å²) in [5, 5.41) is 18.6. The molecule has 0 radical (unpaired) electrons. The fourth-order valence-corrected chi connectivity index (χ4v) is 6.15. The Morgan fingerprint density at radius 1 is 1.00 bits per heavy atom. The van der Waals surface area contributed by atoms with E-state index in [0.29, 0.717) is 38.6 Å². The van der Waals surface area contributed by atoms with E-state index in [-0.39, 0.29) is 31.1 Å². The fraction of sp³-hybridized carbons (Fsp3) is 0.594. The number of nitrogens with zero attached hydrogens (tertiary/aromatic N) is 2. The molecule has 5 atom stereocenters. The lowest BCUT2D eigenvalue weighted by molar-refractivity contribution is -0.147. The van der Waals surface area contributed by atoms with Crippen LogP contribution in [-0.4, -0.2) is 82.2 Å². The molecule has 0 spiro atoms. The molecule has 3 heterocycles. The fourth-order valence-electron chi connectivity index (χ4n) is 6.15. The second-order valence-electron chi connectivity index (χ2n) is 11.9. The number of carbonyl (C=O) groups excluding carboxylic acids is 4. The summed E-state index contributed by atoms with van der Waals surface area (Å²) >= 11 is 0. The number of aliphatic carboxylic acids is 1. The number of nitrogens with one attached hydrogen (secondary N) is 3. The number of carboxylic acids is 1. The van der Waals surface area contributed by atoms with Gasteiger partial charge in [0.2, 0.25) is 23.6 Å². The molecule has 0 unspecified atom stereocenters. The average molecular weight is 612 g/mol. The van der Waals surface area contributed by atoms with E-state index in [1.807, 2.05) is 38.1 Å². The van der Waals surface area contributed by atoms with Crippen LogP contribution in [-0.2, 0) is 30.4 Å². The molecule has 0 bridgehead atoms. The molecule has 2 aliphatic rings. The van der Waals surface area contributed by atoms with Crippen molar-refractivity contribution in [2.24, 2.45) is 5.92 Å². The van der Waals surface area contributed by atoms with Crippen molar-refractivity contribution in [2.45, 2.75) is 102 Å². The van der Waals surface area contributed by atoms with E-state index in [0.717, 1.165) is 29.3 Å². The molecule has 0 saturated carbocycles. The number of rotatable bonds is 11. The summed E-state index contributed by atoms with van der Waals surface area (Å²) in [4.78, 5) is 73.4. The number of unbranched alkanes of at least 4 members (excludes halogenated alkanes) is 2. The monoisotopic (exact) mass is 611 g/mol. The summed E-state index contributed by atoms with van der Waals surface area (Å²) in [5.74, 6) is -2.75. The second-order valence-corrected chi connectivity index (χ2v) is 11.9. The van der Waals surface area contributed by atoms with Crippen LogP contribution in [0.4, 0.5) is 0 Å². The van der Waals surface area contributed by atoms with Gasteiger partial charge in [0.05, 0.1) is 5.52 Å². The van der Waals surface area contributed by atoms with E-state index >= 15 is 0 Å². The van der Waals surface area contributed by atoms with E-state index in [9.17, 15) is 24.0 Å². The molecule has 4 rings (SSSR count). The second kappa shape index (κ2) is 15.1. The van der Waals surface area contributed by atoms with Gasteiger partial charge in [0.25, 0.3) is 0 Å². The van der Waals surface area contributed by atoms with Gasteiger partial charge in [-0.2, -0.15) is 4.73 Å². The summed E-state index contributed by atoms with van der Waals surface area (Å²) in [6.07, 6.45) is 6.34. The SMILES string of the molecule is CC[C@H](C)[C@@H]1NC(=O)[C@H](Cc2cn(OC)c3ccccc23)NC(=O)[C@H](CCCCCC(=O)O)NC(=O)[C@H]2CCCCN2C1=O. The topological polar surface area (TPSA) is 159 Å². The van der Waals surface area contributed by atoms with Crippen LogP contribution in [0.15, 0.2) is 30.5 Å². The average Bonchev–Trinajstić information content (AvgIpc) is 3.38. The Balaban J connectivity index is 1.68. The molecule has 12 nitrogen and oxygen atoms in total. The first-order valence-electron chi connectivity index (χ1n) is 15.7. The molecule has 240 valence electrons. The molecule has 0 aliphatic carbocycles. The third-order valence-electron chi connectivity index (χ3n) is 8.90. The van der Waals surface area contributed by atoms with Gasteiger partial charge >= 0.3 is 5.97 Å². The maximum absolute atomic E-state index is 14.0. The highest BCUT2D eigenvalue weighted by Crippen LogP contribution is 2.24. The van der Waals surface area contributed by atoms with Crippen molar-refractivity contribution in [3.63, 3.8) is 0 Å². The number of aromatic nitrogens is 1. The molecule has 2 fully saturated rings. The van der Waals surface area contributed by atoms with Gasteiger partial charge < -0.3 is 30.8 Å². The number of para-hydroxylation sites is 1. The van der Waals surface area contributed by atoms with Crippen molar-refractivity contribution < 1.29 is 33.9 Å². The summed E-state index contributed by atoms with van der Waals surface area (Å²) in [6.45, 7) is 4.24. The molecule has 1 aromatic carbocycles. The summed E-state index contributed by atoms with van der Waals surface area (Å²) < 4.78 is 1.60. The highest BCUT2D eigenvalue weighted by molar-refractivity contribution is 5.98. The highest BCUT2D eigenvalue weighted by Gasteiger charge is 2.40. The van der Waals surface area contributed by atoms with E-state index in [2.05, 4.69) is 16.0 Å². The van der Waals surface area contributed by atoms with E-state index < -0.39 is 47.9 Å². The van der Waals surface area contributed by atoms with Crippen LogP contribution >= 0.6 is 0 Å². The zero-order valence-corrected chi connectivity index (χ0v) is 25.8. The summed E-state index contributed by atoms with van der Waals surface area (Å²) in [6, 6.07) is 3.98. The molecule has 2 saturated heterocycles. The number of fused-ring (bicyclic) bond motifs is 2. The van der Waals surface area contributed by atoms with Crippen molar-refractivity contribution in [2.75, 3.05) is 13.7 Å². The highest BCUT2D eigenvalue weighted by atomic mass is 16.6. The molecular weight excluding hydrogens is 566 g/mol. The van der Waals surface area contributed by atoms with Gasteiger partial charge in [-0.05, 0) is 49.7 Å². The van der Waals surface area contributed by atoms with Gasteiger partial charge in [-0.1, -0.05) is 51.3 Å². The largest absolute Gasteiger partial charge is 0.481 e. The zero-order chi connectivity index (χ0) is 31.8. The van der Waals surface area contributed by atoms with Crippen LogP contribution in [0.5, 0.6) is 0 Å². The zero-order valence-electron chi connectivity index (χ0n) is 25.8. The number of hydrogen-bond donors (Lipinski definition) is 4. The van der Waals surface area contributed by atoms with Gasteiger partial charge in [-0.15, -0.1) is 0 Å². The molecule has 4 amide bonds. The Labute approximate surface area is 257 Å². The van der Waals surface area contributed by atoms with Gasteiger partial charge in [-0.25, -0.2) is 0 Å². The first-order chi connectivity index (χ1) is 21.1. The third kappa shape index (κ3) is 7.70. The van der Waals surface area contributed by atoms with Gasteiger partial charge in [-0.3, -0.25) is 24.0 Å². The molecule has 2 aliphatic heterocycles. The van der Waals surface area contributed by atoms with Crippen LogP contribution in [0.1, 0.15) is 77.2 Å². The molecule has 2 aromatic rings. The van der Waals surface area contributed by atoms with Crippen molar-refractivity contribution in [3.8, 4) is 0 Å². The quantitative estimate of drug-likeness (QED) is 0.284. The first kappa shape index (κ1) is 32.8. The lowest BCUT2D eigenvalue weighted by Gasteiger charge is -2.39.